The van der Waals surface area contributed by atoms with Crippen LogP contribution < -0.4 is 10.2 Å². The van der Waals surface area contributed by atoms with Crippen molar-refractivity contribution in [1.29, 1.82) is 0 Å². The molecule has 0 bridgehead atoms. The molecule has 0 radical (unpaired) electrons. The number of rotatable bonds is 9. The number of carbonyl (C=O) groups excluding carboxylic acids is 2. The lowest BCUT2D eigenvalue weighted by Gasteiger charge is -2.21. The van der Waals surface area contributed by atoms with Crippen molar-refractivity contribution in [2.24, 2.45) is 0 Å². The fourth-order valence-corrected chi connectivity index (χ4v) is 2.99. The summed E-state index contributed by atoms with van der Waals surface area (Å²) in [5.74, 6) is -0.502. The molecule has 0 spiro atoms. The summed E-state index contributed by atoms with van der Waals surface area (Å²) in [4.78, 5) is 38.8. The van der Waals surface area contributed by atoms with E-state index in [1.807, 2.05) is 0 Å². The van der Waals surface area contributed by atoms with Crippen LogP contribution in [-0.4, -0.2) is 68.6 Å². The van der Waals surface area contributed by atoms with Crippen LogP contribution in [-0.2, 0) is 9.53 Å². The van der Waals surface area contributed by atoms with Crippen LogP contribution in [0.5, 0.6) is 0 Å². The van der Waals surface area contributed by atoms with Gasteiger partial charge in [-0.2, -0.15) is 0 Å². The van der Waals surface area contributed by atoms with Gasteiger partial charge in [-0.15, -0.1) is 0 Å². The normalized spacial score (nSPS) is 13.5. The Hall–Kier alpha value is -2.68. The van der Waals surface area contributed by atoms with Crippen molar-refractivity contribution in [3.8, 4) is 0 Å². The SMILES string of the molecule is COCCCNC(=O)CN(C)c1ccc([N+](=O)[O-])c(C(=O)N2CCCC2)c1. The summed E-state index contributed by atoms with van der Waals surface area (Å²) in [6.07, 6.45) is 2.53. The van der Waals surface area contributed by atoms with Crippen LogP contribution in [0.1, 0.15) is 29.6 Å². The van der Waals surface area contributed by atoms with E-state index in [1.54, 1.807) is 30.0 Å². The molecule has 1 aliphatic rings. The van der Waals surface area contributed by atoms with Crippen LogP contribution in [0.2, 0.25) is 0 Å². The van der Waals surface area contributed by atoms with Crippen molar-refractivity contribution in [2.75, 3.05) is 51.8 Å². The number of ether oxygens (including phenoxy) is 1. The Kier molecular flexibility index (Phi) is 7.54. The molecule has 0 saturated carbocycles. The molecule has 0 unspecified atom stereocenters. The van der Waals surface area contributed by atoms with Crippen LogP contribution in [0.25, 0.3) is 0 Å². The molecular formula is C18H26N4O5. The first kappa shape index (κ1) is 20.6. The van der Waals surface area contributed by atoms with E-state index in [1.165, 1.54) is 12.1 Å². The van der Waals surface area contributed by atoms with Crippen LogP contribution >= 0.6 is 0 Å². The van der Waals surface area contributed by atoms with Crippen LogP contribution in [0, 0.1) is 10.1 Å². The van der Waals surface area contributed by atoms with Gasteiger partial charge in [-0.25, -0.2) is 0 Å². The summed E-state index contributed by atoms with van der Waals surface area (Å²) in [6.45, 7) is 2.39. The third kappa shape index (κ3) is 5.65. The number of nitro benzene ring substituents is 1. The zero-order valence-corrected chi connectivity index (χ0v) is 15.8. The maximum absolute atomic E-state index is 12.7. The number of anilines is 1. The molecule has 0 aromatic heterocycles. The molecule has 1 fully saturated rings. The number of hydrogen-bond acceptors (Lipinski definition) is 6. The zero-order valence-electron chi connectivity index (χ0n) is 15.8. The summed E-state index contributed by atoms with van der Waals surface area (Å²) >= 11 is 0. The number of benzene rings is 1. The predicted molar refractivity (Wildman–Crippen MR) is 101 cm³/mol. The van der Waals surface area contributed by atoms with E-state index in [0.717, 1.165) is 19.3 Å². The number of nitrogens with zero attached hydrogens (tertiary/aromatic N) is 3. The Balaban J connectivity index is 2.10. The van der Waals surface area contributed by atoms with E-state index in [2.05, 4.69) is 5.32 Å². The van der Waals surface area contributed by atoms with Gasteiger partial charge in [0.2, 0.25) is 5.91 Å². The smallest absolute Gasteiger partial charge is 0.282 e. The Morgan fingerprint density at radius 1 is 1.33 bits per heavy atom. The van der Waals surface area contributed by atoms with Crippen molar-refractivity contribution >= 4 is 23.2 Å². The summed E-state index contributed by atoms with van der Waals surface area (Å²) in [7, 11) is 3.31. The fraction of sp³-hybridized carbons (Fsp3) is 0.556. The van der Waals surface area contributed by atoms with Crippen molar-refractivity contribution < 1.29 is 19.2 Å². The monoisotopic (exact) mass is 378 g/mol. The van der Waals surface area contributed by atoms with E-state index in [4.69, 9.17) is 4.74 Å². The van der Waals surface area contributed by atoms with Gasteiger partial charge in [-0.1, -0.05) is 0 Å². The number of nitrogens with one attached hydrogen (secondary N) is 1. The molecule has 148 valence electrons. The zero-order chi connectivity index (χ0) is 19.8. The molecule has 27 heavy (non-hydrogen) atoms. The average Bonchev–Trinajstić information content (AvgIpc) is 3.18. The number of methoxy groups -OCH3 is 1. The van der Waals surface area contributed by atoms with E-state index in [0.29, 0.717) is 31.9 Å². The number of likely N-dealkylation sites (tertiary alicyclic amines) is 1. The van der Waals surface area contributed by atoms with Crippen molar-refractivity contribution in [3.63, 3.8) is 0 Å². The maximum atomic E-state index is 12.7. The Labute approximate surface area is 158 Å². The molecular weight excluding hydrogens is 352 g/mol. The molecule has 1 heterocycles. The van der Waals surface area contributed by atoms with Gasteiger partial charge in [-0.3, -0.25) is 19.7 Å². The largest absolute Gasteiger partial charge is 0.385 e. The summed E-state index contributed by atoms with van der Waals surface area (Å²) in [5.41, 5.74) is 0.426. The number of nitro groups is 1. The fourth-order valence-electron chi connectivity index (χ4n) is 2.99. The first-order valence-corrected chi connectivity index (χ1v) is 8.98. The molecule has 1 aromatic rings. The third-order valence-electron chi connectivity index (χ3n) is 4.47. The van der Waals surface area contributed by atoms with Gasteiger partial charge < -0.3 is 19.9 Å². The van der Waals surface area contributed by atoms with E-state index in [-0.39, 0.29) is 29.6 Å². The molecule has 0 atom stereocenters. The van der Waals surface area contributed by atoms with Gasteiger partial charge in [-0.05, 0) is 31.4 Å². The van der Waals surface area contributed by atoms with E-state index < -0.39 is 4.92 Å². The highest BCUT2D eigenvalue weighted by molar-refractivity contribution is 5.99. The van der Waals surface area contributed by atoms with Crippen molar-refractivity contribution in [2.45, 2.75) is 19.3 Å². The highest BCUT2D eigenvalue weighted by atomic mass is 16.6. The molecule has 9 heteroatoms. The van der Waals surface area contributed by atoms with Gasteiger partial charge in [0, 0.05) is 52.2 Å². The number of likely N-dealkylation sites (N-methyl/N-ethyl adjacent to an activating group) is 1. The number of hydrogen-bond donors (Lipinski definition) is 1. The summed E-state index contributed by atoms with van der Waals surface area (Å²) in [5, 5.41) is 14.1. The molecule has 1 aromatic carbocycles. The topological polar surface area (TPSA) is 105 Å². The van der Waals surface area contributed by atoms with Crippen LogP contribution in [0.3, 0.4) is 0 Å². The molecule has 2 amide bonds. The van der Waals surface area contributed by atoms with Gasteiger partial charge >= 0.3 is 0 Å². The van der Waals surface area contributed by atoms with Gasteiger partial charge in [0.25, 0.3) is 11.6 Å². The molecule has 0 aliphatic carbocycles. The summed E-state index contributed by atoms with van der Waals surface area (Å²) in [6, 6.07) is 4.37. The van der Waals surface area contributed by atoms with Gasteiger partial charge in [0.15, 0.2) is 0 Å². The quantitative estimate of drug-likeness (QED) is 0.396. The van der Waals surface area contributed by atoms with Gasteiger partial charge in [0.1, 0.15) is 5.56 Å². The highest BCUT2D eigenvalue weighted by Crippen LogP contribution is 2.27. The molecule has 1 N–H and O–H groups in total. The Bertz CT molecular complexity index is 688. The van der Waals surface area contributed by atoms with Crippen molar-refractivity contribution in [3.05, 3.63) is 33.9 Å². The Morgan fingerprint density at radius 3 is 2.67 bits per heavy atom. The third-order valence-corrected chi connectivity index (χ3v) is 4.47. The maximum Gasteiger partial charge on any atom is 0.282 e. The standard InChI is InChI=1S/C18H26N4O5/c1-20(13-17(23)19-8-5-11-27-2)14-6-7-16(22(25)26)15(12-14)18(24)21-9-3-4-10-21/h6-7,12H,3-5,8-11,13H2,1-2H3,(H,19,23). The second kappa shape index (κ2) is 9.86. The lowest BCUT2D eigenvalue weighted by atomic mass is 10.1. The van der Waals surface area contributed by atoms with Gasteiger partial charge in [0.05, 0.1) is 11.5 Å². The lowest BCUT2D eigenvalue weighted by Crippen LogP contribution is -2.36. The Morgan fingerprint density at radius 2 is 2.04 bits per heavy atom. The minimum atomic E-state index is -0.546. The lowest BCUT2D eigenvalue weighted by molar-refractivity contribution is -0.385. The molecule has 9 nitrogen and oxygen atoms in total. The van der Waals surface area contributed by atoms with Crippen molar-refractivity contribution in [1.82, 2.24) is 10.2 Å². The molecule has 1 aliphatic heterocycles. The minimum Gasteiger partial charge on any atom is -0.385 e. The summed E-state index contributed by atoms with van der Waals surface area (Å²) < 4.78 is 4.93. The van der Waals surface area contributed by atoms with Crippen LogP contribution in [0.15, 0.2) is 18.2 Å². The minimum absolute atomic E-state index is 0.0618. The predicted octanol–water partition coefficient (Wildman–Crippen LogP) is 1.42. The second-order valence-corrected chi connectivity index (χ2v) is 6.51. The second-order valence-electron chi connectivity index (χ2n) is 6.51. The highest BCUT2D eigenvalue weighted by Gasteiger charge is 2.27. The molecule has 1 saturated heterocycles. The van der Waals surface area contributed by atoms with Crippen LogP contribution in [0.4, 0.5) is 11.4 Å². The van der Waals surface area contributed by atoms with E-state index in [9.17, 15) is 19.7 Å². The molecule has 2 rings (SSSR count). The van der Waals surface area contributed by atoms with E-state index >= 15 is 0 Å². The number of carbonyl (C=O) groups is 2. The first-order chi connectivity index (χ1) is 12.9. The average molecular weight is 378 g/mol. The number of amides is 2. The first-order valence-electron chi connectivity index (χ1n) is 8.98.